The molecule has 0 amide bonds. The minimum atomic E-state index is 0.250. The maximum Gasteiger partial charge on any atom is 0.0402 e. The van der Waals surface area contributed by atoms with Gasteiger partial charge in [-0.05, 0) is 12.5 Å². The fourth-order valence-electron chi connectivity index (χ4n) is 1.85. The number of nitrogens with zero attached hydrogens (tertiary/aromatic N) is 2. The van der Waals surface area contributed by atoms with E-state index in [-0.39, 0.29) is 6.61 Å². The molecule has 1 aliphatic heterocycles. The Hall–Kier alpha value is -1.20. The molecule has 1 saturated heterocycles. The highest BCUT2D eigenvalue weighted by Gasteiger charge is 2.11. The van der Waals surface area contributed by atoms with Gasteiger partial charge >= 0.3 is 0 Å². The zero-order chi connectivity index (χ0) is 13.9. The van der Waals surface area contributed by atoms with E-state index in [4.69, 9.17) is 10.9 Å². The molecule has 2 rings (SSSR count). The van der Waals surface area contributed by atoms with Crippen LogP contribution in [0.2, 0.25) is 0 Å². The van der Waals surface area contributed by atoms with E-state index >= 15 is 0 Å². The van der Waals surface area contributed by atoms with Gasteiger partial charge in [-0.1, -0.05) is 42.5 Å². The maximum atomic E-state index is 7.57. The molecule has 1 fully saturated rings. The molecule has 19 heavy (non-hydrogen) atoms. The van der Waals surface area contributed by atoms with Crippen LogP contribution in [0.15, 0.2) is 36.4 Å². The van der Waals surface area contributed by atoms with Crippen LogP contribution in [0, 0.1) is 0 Å². The van der Waals surface area contributed by atoms with Gasteiger partial charge in [-0.2, -0.15) is 0 Å². The van der Waals surface area contributed by atoms with Gasteiger partial charge < -0.3 is 5.11 Å². The molecule has 4 nitrogen and oxygen atoms in total. The molecule has 1 aromatic carbocycles. The Morgan fingerprint density at radius 3 is 2.32 bits per heavy atom. The molecule has 4 heteroatoms. The normalized spacial score (nSPS) is 17.2. The highest BCUT2D eigenvalue weighted by atomic mass is 16.2. The van der Waals surface area contributed by atoms with Crippen LogP contribution in [-0.2, 0) is 0 Å². The second-order valence-corrected chi connectivity index (χ2v) is 4.47. The number of hydrazine groups is 1. The van der Waals surface area contributed by atoms with Gasteiger partial charge in [-0.3, -0.25) is 10.7 Å². The molecular weight excluding hydrogens is 238 g/mol. The van der Waals surface area contributed by atoms with Crippen molar-refractivity contribution < 1.29 is 5.11 Å². The van der Waals surface area contributed by atoms with Gasteiger partial charge in [0.15, 0.2) is 0 Å². The quantitative estimate of drug-likeness (QED) is 0.804. The second kappa shape index (κ2) is 9.69. The third-order valence-electron chi connectivity index (χ3n) is 2.88. The minimum absolute atomic E-state index is 0.250. The van der Waals surface area contributed by atoms with Crippen LogP contribution in [0.4, 0.5) is 0 Å². The summed E-state index contributed by atoms with van der Waals surface area (Å²) in [5.41, 5.74) is 1.26. The van der Waals surface area contributed by atoms with Crippen molar-refractivity contribution in [2.45, 2.75) is 6.92 Å². The zero-order valence-corrected chi connectivity index (χ0v) is 11.7. The van der Waals surface area contributed by atoms with Gasteiger partial charge in [0.1, 0.15) is 0 Å². The standard InChI is InChI=1S/C13H19N3.C2H6O/c14-16-11-9-15(10-12-16)8-4-7-13-5-2-1-3-6-13;1-2-3/h1-7H,8-12,14H2;3H,2H2,1H3/b7-4+;. The Morgan fingerprint density at radius 1 is 1.16 bits per heavy atom. The van der Waals surface area contributed by atoms with Crippen LogP contribution in [-0.4, -0.2) is 54.3 Å². The highest BCUT2D eigenvalue weighted by Crippen LogP contribution is 2.02. The molecule has 0 aromatic heterocycles. The monoisotopic (exact) mass is 263 g/mol. The predicted octanol–water partition coefficient (Wildman–Crippen LogP) is 1.19. The molecule has 1 aliphatic rings. The van der Waals surface area contributed by atoms with Gasteiger partial charge in [0.25, 0.3) is 0 Å². The van der Waals surface area contributed by atoms with Gasteiger partial charge in [0.05, 0.1) is 0 Å². The van der Waals surface area contributed by atoms with Crippen molar-refractivity contribution in [1.29, 1.82) is 0 Å². The molecule has 0 aliphatic carbocycles. The fourth-order valence-corrected chi connectivity index (χ4v) is 1.85. The van der Waals surface area contributed by atoms with Gasteiger partial charge in [-0.25, -0.2) is 5.01 Å². The van der Waals surface area contributed by atoms with Crippen LogP contribution in [0.3, 0.4) is 0 Å². The average Bonchev–Trinajstić information content (AvgIpc) is 2.43. The summed E-state index contributed by atoms with van der Waals surface area (Å²) in [6.07, 6.45) is 4.40. The smallest absolute Gasteiger partial charge is 0.0402 e. The largest absolute Gasteiger partial charge is 0.397 e. The first kappa shape index (κ1) is 15.9. The van der Waals surface area contributed by atoms with Gasteiger partial charge in [-0.15, -0.1) is 0 Å². The van der Waals surface area contributed by atoms with Crippen LogP contribution in [0.1, 0.15) is 12.5 Å². The number of benzene rings is 1. The number of piperazine rings is 1. The number of hydrogen-bond donors (Lipinski definition) is 2. The Bertz CT molecular complexity index is 346. The van der Waals surface area contributed by atoms with Gasteiger partial charge in [0.2, 0.25) is 0 Å². The van der Waals surface area contributed by atoms with E-state index in [1.807, 2.05) is 11.1 Å². The molecule has 0 radical (unpaired) electrons. The van der Waals surface area contributed by atoms with E-state index in [0.29, 0.717) is 0 Å². The van der Waals surface area contributed by atoms with Crippen LogP contribution in [0.25, 0.3) is 6.08 Å². The Labute approximate surface area is 116 Å². The molecule has 1 heterocycles. The first-order chi connectivity index (χ1) is 9.26. The summed E-state index contributed by atoms with van der Waals surface area (Å²) in [6, 6.07) is 10.4. The van der Waals surface area contributed by atoms with Gasteiger partial charge in [0, 0.05) is 39.3 Å². The van der Waals surface area contributed by atoms with Crippen LogP contribution in [0.5, 0.6) is 0 Å². The van der Waals surface area contributed by atoms with E-state index in [9.17, 15) is 0 Å². The molecule has 0 atom stereocenters. The summed E-state index contributed by atoms with van der Waals surface area (Å²) in [5.74, 6) is 5.71. The first-order valence-corrected chi connectivity index (χ1v) is 6.80. The minimum Gasteiger partial charge on any atom is -0.397 e. The van der Waals surface area contributed by atoms with Crippen molar-refractivity contribution in [1.82, 2.24) is 9.91 Å². The lowest BCUT2D eigenvalue weighted by Crippen LogP contribution is -2.49. The van der Waals surface area contributed by atoms with Crippen molar-refractivity contribution in [3.8, 4) is 0 Å². The molecule has 0 saturated carbocycles. The van der Waals surface area contributed by atoms with E-state index in [1.165, 1.54) is 5.56 Å². The summed E-state index contributed by atoms with van der Waals surface area (Å²) in [5, 5.41) is 9.46. The van der Waals surface area contributed by atoms with Crippen molar-refractivity contribution in [2.24, 2.45) is 5.84 Å². The van der Waals surface area contributed by atoms with E-state index in [1.54, 1.807) is 6.92 Å². The summed E-state index contributed by atoms with van der Waals surface area (Å²) in [7, 11) is 0. The summed E-state index contributed by atoms with van der Waals surface area (Å²) in [6.45, 7) is 7.02. The van der Waals surface area contributed by atoms with Crippen LogP contribution >= 0.6 is 0 Å². The molecule has 0 unspecified atom stereocenters. The molecule has 0 spiro atoms. The molecule has 0 bridgehead atoms. The fraction of sp³-hybridized carbons (Fsp3) is 0.467. The predicted molar refractivity (Wildman–Crippen MR) is 80.4 cm³/mol. The Balaban J connectivity index is 0.000000550. The van der Waals surface area contributed by atoms with E-state index in [2.05, 4.69) is 41.3 Å². The maximum absolute atomic E-state index is 7.57. The Kier molecular flexibility index (Phi) is 8.09. The highest BCUT2D eigenvalue weighted by molar-refractivity contribution is 5.48. The number of aliphatic hydroxyl groups is 1. The SMILES string of the molecule is CCO.NN1CCN(C/C=C/c2ccccc2)CC1. The van der Waals surface area contributed by atoms with Crippen molar-refractivity contribution in [3.05, 3.63) is 42.0 Å². The summed E-state index contributed by atoms with van der Waals surface area (Å²) in [4.78, 5) is 2.42. The van der Waals surface area contributed by atoms with E-state index < -0.39 is 0 Å². The average molecular weight is 263 g/mol. The summed E-state index contributed by atoms with van der Waals surface area (Å²) >= 11 is 0. The molecule has 3 N–H and O–H groups in total. The molecule has 1 aromatic rings. The number of nitrogens with two attached hydrogens (primary N) is 1. The zero-order valence-electron chi connectivity index (χ0n) is 11.7. The first-order valence-electron chi connectivity index (χ1n) is 6.80. The van der Waals surface area contributed by atoms with Crippen molar-refractivity contribution >= 4 is 6.08 Å². The summed E-state index contributed by atoms with van der Waals surface area (Å²) < 4.78 is 0. The van der Waals surface area contributed by atoms with Crippen molar-refractivity contribution in [2.75, 3.05) is 39.3 Å². The molecule has 106 valence electrons. The third-order valence-corrected chi connectivity index (χ3v) is 2.88. The second-order valence-electron chi connectivity index (χ2n) is 4.47. The number of rotatable bonds is 3. The molecular formula is C15H25N3O. The third kappa shape index (κ3) is 7.08. The van der Waals surface area contributed by atoms with Crippen molar-refractivity contribution in [3.63, 3.8) is 0 Å². The van der Waals surface area contributed by atoms with Crippen LogP contribution < -0.4 is 5.84 Å². The lowest BCUT2D eigenvalue weighted by atomic mass is 10.2. The lowest BCUT2D eigenvalue weighted by molar-refractivity contribution is 0.144. The topological polar surface area (TPSA) is 52.7 Å². The Morgan fingerprint density at radius 2 is 1.74 bits per heavy atom. The van der Waals surface area contributed by atoms with E-state index in [0.717, 1.165) is 32.7 Å². The number of hydrogen-bond acceptors (Lipinski definition) is 4. The lowest BCUT2D eigenvalue weighted by Gasteiger charge is -2.31. The number of aliphatic hydroxyl groups excluding tert-OH is 1.